The lowest BCUT2D eigenvalue weighted by molar-refractivity contribution is -0.116. The van der Waals surface area contributed by atoms with Crippen molar-refractivity contribution in [2.24, 2.45) is 5.73 Å². The molecule has 1 amide bonds. The van der Waals surface area contributed by atoms with Gasteiger partial charge in [-0.2, -0.15) is 0 Å². The van der Waals surface area contributed by atoms with Crippen molar-refractivity contribution in [2.75, 3.05) is 5.32 Å². The van der Waals surface area contributed by atoms with Crippen molar-refractivity contribution in [3.8, 4) is 0 Å². The maximum Gasteiger partial charge on any atom is 0.224 e. The number of amides is 1. The molecule has 5 nitrogen and oxygen atoms in total. The highest BCUT2D eigenvalue weighted by atomic mass is 35.5. The van der Waals surface area contributed by atoms with Crippen LogP contribution in [0.3, 0.4) is 0 Å². The topological polar surface area (TPSA) is 80.9 Å². The minimum Gasteiger partial charge on any atom is -0.328 e. The zero-order chi connectivity index (χ0) is 14.4. The molecular formula is C13H17ClN4OS2. The molecule has 2 aromatic rings. The molecule has 0 saturated heterocycles. The fourth-order valence-corrected chi connectivity index (χ4v) is 2.95. The number of nitrogens with zero attached hydrogens (tertiary/aromatic N) is 2. The van der Waals surface area contributed by atoms with Crippen LogP contribution in [-0.4, -0.2) is 22.1 Å². The molecule has 1 atom stereocenters. The third kappa shape index (κ3) is 6.43. The van der Waals surface area contributed by atoms with Crippen LogP contribution in [0.2, 0.25) is 0 Å². The maximum absolute atomic E-state index is 11.7. The van der Waals surface area contributed by atoms with Gasteiger partial charge >= 0.3 is 0 Å². The van der Waals surface area contributed by atoms with Crippen LogP contribution in [0.5, 0.6) is 0 Å². The quantitative estimate of drug-likeness (QED) is 0.841. The van der Waals surface area contributed by atoms with Gasteiger partial charge < -0.3 is 11.1 Å². The first-order valence-corrected chi connectivity index (χ1v) is 7.92. The van der Waals surface area contributed by atoms with Crippen LogP contribution < -0.4 is 11.1 Å². The molecule has 0 aliphatic carbocycles. The highest BCUT2D eigenvalue weighted by molar-refractivity contribution is 8.01. The average Bonchev–Trinajstić information content (AvgIpc) is 2.92. The van der Waals surface area contributed by atoms with Crippen molar-refractivity contribution in [1.29, 1.82) is 0 Å². The van der Waals surface area contributed by atoms with Gasteiger partial charge in [0.05, 0.1) is 0 Å². The van der Waals surface area contributed by atoms with Crippen molar-refractivity contribution in [1.82, 2.24) is 10.2 Å². The first-order valence-electron chi connectivity index (χ1n) is 6.23. The molecule has 0 aliphatic heterocycles. The number of carbonyl (C=O) groups excluding carboxylic acids is 1. The second-order valence-corrected chi connectivity index (χ2v) is 6.55. The predicted molar refractivity (Wildman–Crippen MR) is 89.2 cm³/mol. The largest absolute Gasteiger partial charge is 0.328 e. The minimum atomic E-state index is -0.00757. The minimum absolute atomic E-state index is 0. The summed E-state index contributed by atoms with van der Waals surface area (Å²) in [7, 11) is 0. The summed E-state index contributed by atoms with van der Waals surface area (Å²) >= 11 is 3.05. The van der Waals surface area contributed by atoms with Crippen molar-refractivity contribution < 1.29 is 4.79 Å². The molecule has 0 fully saturated rings. The molecule has 8 heteroatoms. The number of rotatable bonds is 6. The number of aromatic nitrogens is 2. The number of carbonyl (C=O) groups is 1. The first kappa shape index (κ1) is 17.9. The standard InChI is InChI=1S/C13H16N4OS2.ClH/c1-9(14)2-7-12(18)16-10-3-5-11(6-4-10)20-13-17-15-8-19-13;/h3-6,8-9H,2,7,14H2,1H3,(H,16,18);1H. The van der Waals surface area contributed by atoms with Crippen molar-refractivity contribution in [3.05, 3.63) is 29.8 Å². The maximum atomic E-state index is 11.7. The van der Waals surface area contributed by atoms with Gasteiger partial charge in [-0.25, -0.2) is 0 Å². The predicted octanol–water partition coefficient (Wildman–Crippen LogP) is 3.18. The monoisotopic (exact) mass is 344 g/mol. The summed E-state index contributed by atoms with van der Waals surface area (Å²) in [5.41, 5.74) is 8.12. The number of benzene rings is 1. The van der Waals surface area contributed by atoms with Crippen LogP contribution in [0.1, 0.15) is 19.8 Å². The Kier molecular flexibility index (Phi) is 7.66. The second kappa shape index (κ2) is 8.99. The fraction of sp³-hybridized carbons (Fsp3) is 0.308. The summed E-state index contributed by atoms with van der Waals surface area (Å²) in [6.07, 6.45) is 1.13. The lowest BCUT2D eigenvalue weighted by Gasteiger charge is -2.07. The van der Waals surface area contributed by atoms with Gasteiger partial charge in [-0.05, 0) is 37.6 Å². The van der Waals surface area contributed by atoms with E-state index in [1.165, 1.54) is 11.3 Å². The normalized spacial score (nSPS) is 11.5. The van der Waals surface area contributed by atoms with Gasteiger partial charge in [0.1, 0.15) is 5.51 Å². The molecule has 3 N–H and O–H groups in total. The lowest BCUT2D eigenvalue weighted by Crippen LogP contribution is -2.19. The Morgan fingerprint density at radius 2 is 2.14 bits per heavy atom. The van der Waals surface area contributed by atoms with E-state index in [0.717, 1.165) is 14.9 Å². The molecule has 1 aromatic heterocycles. The third-order valence-corrected chi connectivity index (χ3v) is 4.30. The van der Waals surface area contributed by atoms with E-state index in [4.69, 9.17) is 5.73 Å². The number of nitrogens with one attached hydrogen (secondary N) is 1. The van der Waals surface area contributed by atoms with Gasteiger partial charge in [0.15, 0.2) is 4.34 Å². The van der Waals surface area contributed by atoms with Crippen molar-refractivity contribution in [2.45, 2.75) is 35.0 Å². The Morgan fingerprint density at radius 1 is 1.43 bits per heavy atom. The Labute approximate surface area is 138 Å². The van der Waals surface area contributed by atoms with Crippen LogP contribution in [0.15, 0.2) is 39.0 Å². The number of hydrogen-bond donors (Lipinski definition) is 2. The van der Waals surface area contributed by atoms with Crippen LogP contribution in [-0.2, 0) is 4.79 Å². The van der Waals surface area contributed by atoms with E-state index in [1.54, 1.807) is 17.3 Å². The Bertz CT molecular complexity index is 546. The molecule has 0 radical (unpaired) electrons. The highest BCUT2D eigenvalue weighted by Gasteiger charge is 2.05. The molecule has 1 heterocycles. The van der Waals surface area contributed by atoms with Crippen molar-refractivity contribution in [3.63, 3.8) is 0 Å². The molecular weight excluding hydrogens is 328 g/mol. The summed E-state index contributed by atoms with van der Waals surface area (Å²) in [6, 6.07) is 7.72. The van der Waals surface area contributed by atoms with Gasteiger partial charge in [0.25, 0.3) is 0 Å². The van der Waals surface area contributed by atoms with Gasteiger partial charge in [0.2, 0.25) is 5.91 Å². The zero-order valence-electron chi connectivity index (χ0n) is 11.5. The molecule has 0 spiro atoms. The van der Waals surface area contributed by atoms with E-state index in [9.17, 15) is 4.79 Å². The third-order valence-electron chi connectivity index (χ3n) is 2.51. The van der Waals surface area contributed by atoms with E-state index in [-0.39, 0.29) is 24.4 Å². The van der Waals surface area contributed by atoms with Crippen molar-refractivity contribution >= 4 is 47.1 Å². The molecule has 0 aliphatic rings. The molecule has 1 unspecified atom stereocenters. The molecule has 0 saturated carbocycles. The lowest BCUT2D eigenvalue weighted by atomic mass is 10.2. The average molecular weight is 345 g/mol. The van der Waals surface area contributed by atoms with Crippen LogP contribution in [0.4, 0.5) is 5.69 Å². The number of nitrogens with two attached hydrogens (primary N) is 1. The van der Waals surface area contributed by atoms with Gasteiger partial charge in [0, 0.05) is 23.0 Å². The number of hydrogen-bond acceptors (Lipinski definition) is 6. The summed E-state index contributed by atoms with van der Waals surface area (Å²) in [4.78, 5) is 12.7. The smallest absolute Gasteiger partial charge is 0.224 e. The van der Waals surface area contributed by atoms with E-state index in [2.05, 4.69) is 15.5 Å². The van der Waals surface area contributed by atoms with Gasteiger partial charge in [-0.15, -0.1) is 22.6 Å². The summed E-state index contributed by atoms with van der Waals surface area (Å²) < 4.78 is 0.902. The molecule has 0 bridgehead atoms. The summed E-state index contributed by atoms with van der Waals surface area (Å²) in [5, 5.41) is 10.6. The number of halogens is 1. The van der Waals surface area contributed by atoms with Crippen LogP contribution >= 0.6 is 35.5 Å². The molecule has 1 aromatic carbocycles. The van der Waals surface area contributed by atoms with E-state index in [0.29, 0.717) is 12.8 Å². The van der Waals surface area contributed by atoms with E-state index >= 15 is 0 Å². The van der Waals surface area contributed by atoms with E-state index in [1.807, 2.05) is 31.2 Å². The van der Waals surface area contributed by atoms with Gasteiger partial charge in [-0.1, -0.05) is 23.1 Å². The molecule has 114 valence electrons. The zero-order valence-corrected chi connectivity index (χ0v) is 13.9. The summed E-state index contributed by atoms with van der Waals surface area (Å²) in [5.74, 6) is -0.00757. The first-order chi connectivity index (χ1) is 9.63. The van der Waals surface area contributed by atoms with E-state index < -0.39 is 0 Å². The molecule has 21 heavy (non-hydrogen) atoms. The fourth-order valence-electron chi connectivity index (χ4n) is 1.50. The molecule has 2 rings (SSSR count). The summed E-state index contributed by atoms with van der Waals surface area (Å²) in [6.45, 7) is 1.90. The second-order valence-electron chi connectivity index (χ2n) is 4.40. The number of anilines is 1. The van der Waals surface area contributed by atoms with Gasteiger partial charge in [-0.3, -0.25) is 4.79 Å². The Balaban J connectivity index is 0.00000220. The Morgan fingerprint density at radius 3 is 2.71 bits per heavy atom. The highest BCUT2D eigenvalue weighted by Crippen LogP contribution is 2.29. The van der Waals surface area contributed by atoms with Crippen LogP contribution in [0.25, 0.3) is 0 Å². The van der Waals surface area contributed by atoms with Crippen LogP contribution in [0, 0.1) is 0 Å². The SMILES string of the molecule is CC(N)CCC(=O)Nc1ccc(Sc2nncs2)cc1.Cl. The Hall–Kier alpha value is -1.15.